The quantitative estimate of drug-likeness (QED) is 0.653. The maximum atomic E-state index is 13.4. The van der Waals surface area contributed by atoms with Crippen LogP contribution in [0.5, 0.6) is 0 Å². The molecule has 100 valence electrons. The Labute approximate surface area is 102 Å². The van der Waals surface area contributed by atoms with Crippen LogP contribution < -0.4 is 5.32 Å². The van der Waals surface area contributed by atoms with E-state index in [9.17, 15) is 17.6 Å². The predicted molar refractivity (Wildman–Crippen MR) is 58.4 cm³/mol. The number of rotatable bonds is 2. The van der Waals surface area contributed by atoms with Gasteiger partial charge in [0.15, 0.2) is 23.3 Å². The van der Waals surface area contributed by atoms with E-state index in [0.717, 1.165) is 6.42 Å². The van der Waals surface area contributed by atoms with Crippen molar-refractivity contribution >= 4 is 5.69 Å². The molecular formula is C12H13F4NO. The van der Waals surface area contributed by atoms with E-state index in [1.807, 2.05) is 0 Å². The van der Waals surface area contributed by atoms with Gasteiger partial charge >= 0.3 is 0 Å². The van der Waals surface area contributed by atoms with Crippen LogP contribution in [0.2, 0.25) is 0 Å². The molecule has 2 rings (SSSR count). The van der Waals surface area contributed by atoms with Gasteiger partial charge in [-0.1, -0.05) is 0 Å². The molecule has 18 heavy (non-hydrogen) atoms. The van der Waals surface area contributed by atoms with Gasteiger partial charge in [0.2, 0.25) is 0 Å². The van der Waals surface area contributed by atoms with Crippen LogP contribution >= 0.6 is 0 Å². The highest BCUT2D eigenvalue weighted by molar-refractivity contribution is 5.48. The van der Waals surface area contributed by atoms with Crippen molar-refractivity contribution in [1.29, 1.82) is 0 Å². The van der Waals surface area contributed by atoms with Crippen LogP contribution in [0.4, 0.5) is 23.2 Å². The molecule has 1 heterocycles. The summed E-state index contributed by atoms with van der Waals surface area (Å²) < 4.78 is 58.1. The molecule has 0 radical (unpaired) electrons. The van der Waals surface area contributed by atoms with Crippen LogP contribution in [0.3, 0.4) is 0 Å². The standard InChI is InChI=1S/C12H13F4NO/c13-8-6-9(14)11(16)12(10(8)15)17-7-2-1-4-18-5-3-7/h6-7,17H,1-5H2. The molecule has 0 bridgehead atoms. The van der Waals surface area contributed by atoms with E-state index in [-0.39, 0.29) is 12.1 Å². The fourth-order valence-corrected chi connectivity index (χ4v) is 1.95. The van der Waals surface area contributed by atoms with Gasteiger partial charge < -0.3 is 10.1 Å². The van der Waals surface area contributed by atoms with E-state index in [4.69, 9.17) is 4.74 Å². The van der Waals surface area contributed by atoms with Crippen LogP contribution in [-0.4, -0.2) is 19.3 Å². The molecule has 1 aromatic rings. The molecule has 2 nitrogen and oxygen atoms in total. The van der Waals surface area contributed by atoms with Gasteiger partial charge in [-0.3, -0.25) is 0 Å². The first-order chi connectivity index (χ1) is 8.59. The van der Waals surface area contributed by atoms with Crippen LogP contribution in [0.15, 0.2) is 6.07 Å². The van der Waals surface area contributed by atoms with Gasteiger partial charge in [-0.05, 0) is 19.3 Å². The lowest BCUT2D eigenvalue weighted by Crippen LogP contribution is -2.22. The molecule has 1 unspecified atom stereocenters. The third-order valence-electron chi connectivity index (χ3n) is 2.91. The summed E-state index contributed by atoms with van der Waals surface area (Å²) in [5.74, 6) is -5.58. The van der Waals surface area contributed by atoms with Crippen LogP contribution in [0.25, 0.3) is 0 Å². The largest absolute Gasteiger partial charge is 0.381 e. The molecule has 1 atom stereocenters. The van der Waals surface area contributed by atoms with Gasteiger partial charge in [0, 0.05) is 25.3 Å². The van der Waals surface area contributed by atoms with Crippen LogP contribution in [0, 0.1) is 23.3 Å². The summed E-state index contributed by atoms with van der Waals surface area (Å²) in [5, 5.41) is 2.53. The number of anilines is 1. The normalized spacial score (nSPS) is 20.6. The van der Waals surface area contributed by atoms with E-state index >= 15 is 0 Å². The molecule has 0 spiro atoms. The lowest BCUT2D eigenvalue weighted by Gasteiger charge is -2.18. The lowest BCUT2D eigenvalue weighted by atomic mass is 10.1. The molecule has 0 saturated carbocycles. The monoisotopic (exact) mass is 263 g/mol. The van der Waals surface area contributed by atoms with E-state index in [1.54, 1.807) is 0 Å². The summed E-state index contributed by atoms with van der Waals surface area (Å²) in [6.07, 6.45) is 1.91. The van der Waals surface area contributed by atoms with Gasteiger partial charge in [-0.15, -0.1) is 0 Å². The second kappa shape index (κ2) is 5.56. The summed E-state index contributed by atoms with van der Waals surface area (Å²) in [5.41, 5.74) is -0.737. The first kappa shape index (κ1) is 13.1. The molecule has 0 aliphatic carbocycles. The van der Waals surface area contributed by atoms with Gasteiger partial charge in [0.05, 0.1) is 0 Å². The zero-order chi connectivity index (χ0) is 13.1. The van der Waals surface area contributed by atoms with E-state index < -0.39 is 29.0 Å². The minimum absolute atomic E-state index is 0.200. The van der Waals surface area contributed by atoms with Crippen molar-refractivity contribution in [1.82, 2.24) is 0 Å². The molecule has 0 aromatic heterocycles. The van der Waals surface area contributed by atoms with E-state index in [1.165, 1.54) is 0 Å². The zero-order valence-corrected chi connectivity index (χ0v) is 9.61. The van der Waals surface area contributed by atoms with Crippen molar-refractivity contribution in [2.24, 2.45) is 0 Å². The molecule has 1 aromatic carbocycles. The minimum Gasteiger partial charge on any atom is -0.381 e. The minimum atomic E-state index is -1.40. The Hall–Kier alpha value is -1.30. The summed E-state index contributed by atoms with van der Waals surface area (Å²) in [6, 6.07) is -0.0517. The molecule has 1 aliphatic heterocycles. The molecule has 6 heteroatoms. The highest BCUT2D eigenvalue weighted by atomic mass is 19.2. The fourth-order valence-electron chi connectivity index (χ4n) is 1.95. The van der Waals surface area contributed by atoms with Gasteiger partial charge in [0.1, 0.15) is 5.69 Å². The van der Waals surface area contributed by atoms with E-state index in [2.05, 4.69) is 5.32 Å². The molecule has 1 aliphatic rings. The van der Waals surface area contributed by atoms with Crippen molar-refractivity contribution in [3.8, 4) is 0 Å². The second-order valence-electron chi connectivity index (χ2n) is 4.23. The molecule has 1 N–H and O–H groups in total. The number of halogens is 4. The predicted octanol–water partition coefficient (Wildman–Crippen LogP) is 3.22. The third kappa shape index (κ3) is 2.75. The van der Waals surface area contributed by atoms with Crippen LogP contribution in [0.1, 0.15) is 19.3 Å². The first-order valence-electron chi connectivity index (χ1n) is 5.77. The number of benzene rings is 1. The molecule has 1 saturated heterocycles. The average Bonchev–Trinajstić information content (AvgIpc) is 2.61. The van der Waals surface area contributed by atoms with Gasteiger partial charge in [-0.25, -0.2) is 17.6 Å². The maximum Gasteiger partial charge on any atom is 0.185 e. The Morgan fingerprint density at radius 1 is 1.00 bits per heavy atom. The lowest BCUT2D eigenvalue weighted by molar-refractivity contribution is 0.144. The summed E-state index contributed by atoms with van der Waals surface area (Å²) in [4.78, 5) is 0. The average molecular weight is 263 g/mol. The third-order valence-corrected chi connectivity index (χ3v) is 2.91. The first-order valence-corrected chi connectivity index (χ1v) is 5.77. The van der Waals surface area contributed by atoms with Crippen molar-refractivity contribution in [3.63, 3.8) is 0 Å². The van der Waals surface area contributed by atoms with Crippen molar-refractivity contribution < 1.29 is 22.3 Å². The Kier molecular flexibility index (Phi) is 4.06. The Morgan fingerprint density at radius 2 is 1.67 bits per heavy atom. The Morgan fingerprint density at radius 3 is 2.33 bits per heavy atom. The van der Waals surface area contributed by atoms with Crippen molar-refractivity contribution in [2.75, 3.05) is 18.5 Å². The highest BCUT2D eigenvalue weighted by Gasteiger charge is 2.22. The number of hydrogen-bond acceptors (Lipinski definition) is 2. The second-order valence-corrected chi connectivity index (χ2v) is 4.23. The topological polar surface area (TPSA) is 21.3 Å². The number of nitrogens with one attached hydrogen (secondary N) is 1. The SMILES string of the molecule is Fc1cc(F)c(F)c(NC2CCCOCC2)c1F. The zero-order valence-electron chi connectivity index (χ0n) is 9.61. The summed E-state index contributed by atoms with van der Waals surface area (Å²) in [7, 11) is 0. The van der Waals surface area contributed by atoms with Gasteiger partial charge in [-0.2, -0.15) is 0 Å². The van der Waals surface area contributed by atoms with E-state index in [0.29, 0.717) is 26.1 Å². The molecular weight excluding hydrogens is 250 g/mol. The summed E-state index contributed by atoms with van der Waals surface area (Å²) >= 11 is 0. The van der Waals surface area contributed by atoms with Crippen molar-refractivity contribution in [2.45, 2.75) is 25.3 Å². The van der Waals surface area contributed by atoms with Gasteiger partial charge in [0.25, 0.3) is 0 Å². The summed E-state index contributed by atoms with van der Waals surface area (Å²) in [6.45, 7) is 1.04. The van der Waals surface area contributed by atoms with Crippen LogP contribution in [-0.2, 0) is 4.74 Å². The smallest absolute Gasteiger partial charge is 0.185 e. The fraction of sp³-hybridized carbons (Fsp3) is 0.500. The Balaban J connectivity index is 2.22. The Bertz CT molecular complexity index is 404. The highest BCUT2D eigenvalue weighted by Crippen LogP contribution is 2.26. The molecule has 1 fully saturated rings. The molecule has 0 amide bonds. The van der Waals surface area contributed by atoms with Crippen molar-refractivity contribution in [3.05, 3.63) is 29.3 Å². The maximum absolute atomic E-state index is 13.4. The number of ether oxygens (including phenoxy) is 1. The number of hydrogen-bond donors (Lipinski definition) is 1.